The molecule has 1 unspecified atom stereocenters. The van der Waals surface area contributed by atoms with E-state index in [0.717, 1.165) is 90.6 Å². The van der Waals surface area contributed by atoms with E-state index in [0.29, 0.717) is 19.4 Å². The highest BCUT2D eigenvalue weighted by molar-refractivity contribution is 5.69. The van der Waals surface area contributed by atoms with Gasteiger partial charge in [0.1, 0.15) is 6.10 Å². The van der Waals surface area contributed by atoms with Crippen LogP contribution < -0.4 is 0 Å². The second kappa shape index (κ2) is 41.0. The summed E-state index contributed by atoms with van der Waals surface area (Å²) in [5.74, 6) is 0.0164. The summed E-state index contributed by atoms with van der Waals surface area (Å²) < 4.78 is 11.5. The zero-order valence-electron chi connectivity index (χ0n) is 36.0. The van der Waals surface area contributed by atoms with E-state index in [1.807, 2.05) is 0 Å². The fraction of sp³-hybridized carbons (Fsp3) is 0.957. The van der Waals surface area contributed by atoms with E-state index in [9.17, 15) is 9.59 Å². The van der Waals surface area contributed by atoms with Gasteiger partial charge in [-0.25, -0.2) is 0 Å². The van der Waals surface area contributed by atoms with Crippen LogP contribution in [0.2, 0.25) is 0 Å². The second-order valence-electron chi connectivity index (χ2n) is 15.8. The first kappa shape index (κ1) is 50.9. The molecule has 0 aromatic heterocycles. The lowest BCUT2D eigenvalue weighted by Crippen LogP contribution is -2.36. The molecule has 0 aromatic carbocycles. The fourth-order valence-corrected chi connectivity index (χ4v) is 7.20. The summed E-state index contributed by atoms with van der Waals surface area (Å²) in [4.78, 5) is 30.1. The van der Waals surface area contributed by atoms with E-state index in [1.54, 1.807) is 0 Å². The third kappa shape index (κ3) is 35.9. The number of nitrogens with zero attached hydrogens (tertiary/aromatic N) is 2. The first-order valence-electron chi connectivity index (χ1n) is 23.3. The molecule has 6 nitrogen and oxygen atoms in total. The van der Waals surface area contributed by atoms with Crippen LogP contribution in [-0.2, 0) is 19.1 Å². The maximum atomic E-state index is 12.7. The molecule has 0 heterocycles. The fourth-order valence-electron chi connectivity index (χ4n) is 7.20. The summed E-state index contributed by atoms with van der Waals surface area (Å²) in [6.45, 7) is 18.6. The van der Waals surface area contributed by atoms with Crippen LogP contribution in [0.1, 0.15) is 234 Å². The minimum Gasteiger partial charge on any atom is -0.466 e. The van der Waals surface area contributed by atoms with Crippen molar-refractivity contribution < 1.29 is 19.1 Å². The molecule has 0 rings (SSSR count). The Hall–Kier alpha value is -1.14. The summed E-state index contributed by atoms with van der Waals surface area (Å²) in [5.41, 5.74) is 0. The largest absolute Gasteiger partial charge is 0.466 e. The Balaban J connectivity index is 4.23. The quantitative estimate of drug-likeness (QED) is 0.0459. The smallest absolute Gasteiger partial charge is 0.306 e. The molecule has 0 saturated carbocycles. The Morgan fingerprint density at radius 1 is 0.404 bits per heavy atom. The monoisotopic (exact) mass is 737 g/mol. The molecule has 310 valence electrons. The van der Waals surface area contributed by atoms with Crippen LogP contribution in [0, 0.1) is 0 Å². The zero-order valence-corrected chi connectivity index (χ0v) is 36.0. The summed E-state index contributed by atoms with van der Waals surface area (Å²) in [5, 5.41) is 0. The van der Waals surface area contributed by atoms with Gasteiger partial charge in [0, 0.05) is 25.9 Å². The van der Waals surface area contributed by atoms with Crippen LogP contribution in [0.15, 0.2) is 0 Å². The van der Waals surface area contributed by atoms with Crippen molar-refractivity contribution in [1.29, 1.82) is 0 Å². The number of unbranched alkanes of at least 4 members (excludes halogenated alkanes) is 22. The minimum absolute atomic E-state index is 0.0124. The third-order valence-electron chi connectivity index (χ3n) is 10.9. The van der Waals surface area contributed by atoms with Crippen LogP contribution in [0.25, 0.3) is 0 Å². The number of carbonyl (C=O) groups excluding carboxylic acids is 2. The molecule has 0 radical (unpaired) electrons. The molecule has 0 saturated heterocycles. The van der Waals surface area contributed by atoms with Gasteiger partial charge in [0.2, 0.25) is 0 Å². The van der Waals surface area contributed by atoms with Crippen molar-refractivity contribution in [3.63, 3.8) is 0 Å². The van der Waals surface area contributed by atoms with Crippen molar-refractivity contribution in [3.05, 3.63) is 0 Å². The van der Waals surface area contributed by atoms with Gasteiger partial charge in [0.25, 0.3) is 0 Å². The van der Waals surface area contributed by atoms with Gasteiger partial charge in [-0.3, -0.25) is 9.59 Å². The number of rotatable bonds is 42. The molecule has 0 aliphatic rings. The zero-order chi connectivity index (χ0) is 38.2. The maximum Gasteiger partial charge on any atom is 0.306 e. The van der Waals surface area contributed by atoms with Gasteiger partial charge >= 0.3 is 11.9 Å². The SMILES string of the molecule is CCCCCCCCCCCOC(=O)CCCCCN(CCCCCCCC(=O)OC(CCCCCC)CCCCCCCC)CCN(CC)CC. The Labute approximate surface area is 325 Å². The van der Waals surface area contributed by atoms with Gasteiger partial charge in [-0.2, -0.15) is 0 Å². The van der Waals surface area contributed by atoms with Gasteiger partial charge in [0.05, 0.1) is 6.61 Å². The van der Waals surface area contributed by atoms with Crippen LogP contribution >= 0.6 is 0 Å². The summed E-state index contributed by atoms with van der Waals surface area (Å²) >= 11 is 0. The van der Waals surface area contributed by atoms with E-state index < -0.39 is 0 Å². The first-order valence-corrected chi connectivity index (χ1v) is 23.3. The predicted molar refractivity (Wildman–Crippen MR) is 225 cm³/mol. The summed E-state index contributed by atoms with van der Waals surface area (Å²) in [6.07, 6.45) is 36.4. The van der Waals surface area contributed by atoms with Crippen molar-refractivity contribution in [2.24, 2.45) is 0 Å². The number of carbonyl (C=O) groups is 2. The highest BCUT2D eigenvalue weighted by Crippen LogP contribution is 2.18. The third-order valence-corrected chi connectivity index (χ3v) is 10.9. The molecule has 0 bridgehead atoms. The number of hydrogen-bond donors (Lipinski definition) is 0. The van der Waals surface area contributed by atoms with Crippen LogP contribution in [0.5, 0.6) is 0 Å². The van der Waals surface area contributed by atoms with Gasteiger partial charge in [0.15, 0.2) is 0 Å². The number of esters is 2. The van der Waals surface area contributed by atoms with Gasteiger partial charge in [-0.15, -0.1) is 0 Å². The number of ether oxygens (including phenoxy) is 2. The van der Waals surface area contributed by atoms with E-state index in [2.05, 4.69) is 44.4 Å². The molecule has 0 fully saturated rings. The molecule has 0 aliphatic carbocycles. The van der Waals surface area contributed by atoms with E-state index in [-0.39, 0.29) is 18.0 Å². The highest BCUT2D eigenvalue weighted by atomic mass is 16.5. The molecule has 0 N–H and O–H groups in total. The van der Waals surface area contributed by atoms with Gasteiger partial charge in [-0.05, 0) is 84.0 Å². The molecular weight excluding hydrogens is 645 g/mol. The Morgan fingerprint density at radius 2 is 0.788 bits per heavy atom. The molecule has 52 heavy (non-hydrogen) atoms. The molecular formula is C46H92N2O4. The number of hydrogen-bond acceptors (Lipinski definition) is 6. The molecule has 0 aromatic rings. The van der Waals surface area contributed by atoms with Crippen LogP contribution in [0.3, 0.4) is 0 Å². The predicted octanol–water partition coefficient (Wildman–Crippen LogP) is 13.2. The van der Waals surface area contributed by atoms with Crippen molar-refractivity contribution >= 4 is 11.9 Å². The maximum absolute atomic E-state index is 12.7. The van der Waals surface area contributed by atoms with Crippen LogP contribution in [-0.4, -0.2) is 73.7 Å². The minimum atomic E-state index is -0.0124. The molecule has 0 spiro atoms. The highest BCUT2D eigenvalue weighted by Gasteiger charge is 2.14. The normalized spacial score (nSPS) is 12.2. The average molecular weight is 737 g/mol. The molecule has 1 atom stereocenters. The Bertz CT molecular complexity index is 744. The molecule has 0 aliphatic heterocycles. The lowest BCUT2D eigenvalue weighted by atomic mass is 10.0. The van der Waals surface area contributed by atoms with Crippen LogP contribution in [0.4, 0.5) is 0 Å². The van der Waals surface area contributed by atoms with Crippen molar-refractivity contribution in [2.45, 2.75) is 240 Å². The lowest BCUT2D eigenvalue weighted by molar-refractivity contribution is -0.150. The Morgan fingerprint density at radius 3 is 1.31 bits per heavy atom. The standard InChI is InChI=1S/C46H92N2O4/c1-6-11-14-17-19-20-21-26-34-43-51-45(49)37-31-27-33-40-48(42-41-47(9-4)10-5)39-32-25-22-24-30-38-46(50)52-44(35-28-16-13-8-3)36-29-23-18-15-12-7-2/h44H,6-43H2,1-5H3. The van der Waals surface area contributed by atoms with E-state index >= 15 is 0 Å². The van der Waals surface area contributed by atoms with Crippen molar-refractivity contribution in [2.75, 3.05) is 45.9 Å². The number of likely N-dealkylation sites (N-methyl/N-ethyl adjacent to an activating group) is 1. The van der Waals surface area contributed by atoms with E-state index in [1.165, 1.54) is 135 Å². The van der Waals surface area contributed by atoms with Gasteiger partial charge < -0.3 is 19.3 Å². The first-order chi connectivity index (χ1) is 25.5. The second-order valence-corrected chi connectivity index (χ2v) is 15.8. The average Bonchev–Trinajstić information content (AvgIpc) is 3.14. The van der Waals surface area contributed by atoms with Crippen molar-refractivity contribution in [3.8, 4) is 0 Å². The summed E-state index contributed by atoms with van der Waals surface area (Å²) in [7, 11) is 0. The van der Waals surface area contributed by atoms with Crippen molar-refractivity contribution in [1.82, 2.24) is 9.80 Å². The molecule has 6 heteroatoms. The molecule has 0 amide bonds. The lowest BCUT2D eigenvalue weighted by Gasteiger charge is -2.26. The van der Waals surface area contributed by atoms with Gasteiger partial charge in [-0.1, -0.05) is 163 Å². The Kier molecular flexibility index (Phi) is 40.1. The summed E-state index contributed by atoms with van der Waals surface area (Å²) in [6, 6.07) is 0. The topological polar surface area (TPSA) is 59.1 Å². The van der Waals surface area contributed by atoms with E-state index in [4.69, 9.17) is 9.47 Å².